The summed E-state index contributed by atoms with van der Waals surface area (Å²) in [5, 5.41) is 9.77. The van der Waals surface area contributed by atoms with E-state index in [0.717, 1.165) is 16.0 Å². The van der Waals surface area contributed by atoms with Gasteiger partial charge in [0, 0.05) is 22.9 Å². The second-order valence-corrected chi connectivity index (χ2v) is 9.86. The van der Waals surface area contributed by atoms with Crippen LogP contribution in [0.4, 0.5) is 0 Å². The Morgan fingerprint density at radius 2 is 2.03 bits per heavy atom. The van der Waals surface area contributed by atoms with Gasteiger partial charge < -0.3 is 4.74 Å². The minimum Gasteiger partial charge on any atom is -0.462 e. The molecule has 0 aliphatic rings. The quantitative estimate of drug-likeness (QED) is 0.395. The van der Waals surface area contributed by atoms with E-state index >= 15 is 0 Å². The number of nitrogens with one attached hydrogen (secondary N) is 1. The summed E-state index contributed by atoms with van der Waals surface area (Å²) in [7, 11) is -3.39. The lowest BCUT2D eigenvalue weighted by Crippen LogP contribution is -2.28. The van der Waals surface area contributed by atoms with Crippen molar-refractivity contribution in [2.75, 3.05) is 24.8 Å². The predicted octanol–water partition coefficient (Wildman–Crippen LogP) is 4.12. The van der Waals surface area contributed by atoms with Crippen LogP contribution in [0.15, 0.2) is 24.3 Å². The number of ether oxygens (including phenoxy) is 1. The van der Waals surface area contributed by atoms with Gasteiger partial charge in [-0.15, -0.1) is 22.9 Å². The first-order valence-corrected chi connectivity index (χ1v) is 12.7. The minimum absolute atomic E-state index is 0.0197. The number of carbonyl (C=O) groups is 1. The molecule has 1 aromatic heterocycles. The maximum atomic E-state index is 12.6. The molecule has 0 unspecified atom stereocenters. The number of benzene rings is 1. The van der Waals surface area contributed by atoms with Gasteiger partial charge in [-0.1, -0.05) is 31.2 Å². The number of esters is 1. The molecule has 0 saturated heterocycles. The molecule has 30 heavy (non-hydrogen) atoms. The number of thiophene rings is 1. The summed E-state index contributed by atoms with van der Waals surface area (Å²) in [6.45, 7) is 4.13. The number of halogens is 1. The van der Waals surface area contributed by atoms with Gasteiger partial charge >= 0.3 is 5.97 Å². The van der Waals surface area contributed by atoms with Crippen molar-refractivity contribution < 1.29 is 17.9 Å². The SMILES string of the molecule is CCOC(=O)c1sc(CC)c(C#N)c1-c1ccccc1CCNS(=O)(=O)CCCCl. The summed E-state index contributed by atoms with van der Waals surface area (Å²) < 4.78 is 31.8. The summed E-state index contributed by atoms with van der Waals surface area (Å²) in [6, 6.07) is 9.65. The number of nitriles is 1. The second-order valence-electron chi connectivity index (χ2n) is 6.45. The van der Waals surface area contributed by atoms with Gasteiger partial charge in [-0.3, -0.25) is 0 Å². The zero-order valence-corrected chi connectivity index (χ0v) is 19.4. The van der Waals surface area contributed by atoms with E-state index < -0.39 is 16.0 Å². The molecule has 0 atom stereocenters. The van der Waals surface area contributed by atoms with Crippen LogP contribution in [-0.4, -0.2) is 39.2 Å². The molecule has 6 nitrogen and oxygen atoms in total. The maximum Gasteiger partial charge on any atom is 0.348 e. The highest BCUT2D eigenvalue weighted by Gasteiger charge is 2.25. The Morgan fingerprint density at radius 1 is 1.30 bits per heavy atom. The zero-order valence-electron chi connectivity index (χ0n) is 17.0. The number of hydrogen-bond donors (Lipinski definition) is 1. The van der Waals surface area contributed by atoms with Crippen molar-refractivity contribution >= 4 is 38.9 Å². The molecule has 0 bridgehead atoms. The fourth-order valence-electron chi connectivity index (χ4n) is 3.08. The fourth-order valence-corrected chi connectivity index (χ4v) is 5.55. The first kappa shape index (κ1) is 24.4. The first-order valence-electron chi connectivity index (χ1n) is 9.72. The molecule has 0 radical (unpaired) electrons. The third kappa shape index (κ3) is 6.05. The molecule has 0 aliphatic carbocycles. The molecule has 0 aliphatic heterocycles. The summed E-state index contributed by atoms with van der Waals surface area (Å²) in [5.74, 6) is -0.186. The Kier molecular flexibility index (Phi) is 9.31. The number of aryl methyl sites for hydroxylation is 1. The van der Waals surface area contributed by atoms with Crippen LogP contribution in [0.5, 0.6) is 0 Å². The highest BCUT2D eigenvalue weighted by molar-refractivity contribution is 7.89. The fraction of sp³-hybridized carbons (Fsp3) is 0.429. The van der Waals surface area contributed by atoms with Crippen molar-refractivity contribution in [3.63, 3.8) is 0 Å². The molecular formula is C21H25ClN2O4S2. The van der Waals surface area contributed by atoms with Gasteiger partial charge in [-0.2, -0.15) is 5.26 Å². The smallest absolute Gasteiger partial charge is 0.348 e. The molecule has 0 amide bonds. The van der Waals surface area contributed by atoms with Crippen molar-refractivity contribution in [2.24, 2.45) is 0 Å². The standard InChI is InChI=1S/C21H25ClN2O4S2/c1-3-18-17(14-23)19(20(29-18)21(25)28-4-2)16-9-6-5-8-15(16)10-12-24-30(26,27)13-7-11-22/h5-6,8-9,24H,3-4,7,10-13H2,1-2H3. The van der Waals surface area contributed by atoms with Gasteiger partial charge in [0.25, 0.3) is 0 Å². The maximum absolute atomic E-state index is 12.6. The topological polar surface area (TPSA) is 96.3 Å². The molecule has 0 fully saturated rings. The van der Waals surface area contributed by atoms with Crippen LogP contribution in [0, 0.1) is 11.3 Å². The predicted molar refractivity (Wildman–Crippen MR) is 121 cm³/mol. The van der Waals surface area contributed by atoms with E-state index in [2.05, 4.69) is 10.8 Å². The summed E-state index contributed by atoms with van der Waals surface area (Å²) in [4.78, 5) is 13.8. The second kappa shape index (κ2) is 11.5. The summed E-state index contributed by atoms with van der Waals surface area (Å²) in [5.41, 5.74) is 2.63. The van der Waals surface area contributed by atoms with Gasteiger partial charge in [-0.05, 0) is 37.3 Å². The molecule has 1 heterocycles. The van der Waals surface area contributed by atoms with E-state index in [1.165, 1.54) is 11.3 Å². The lowest BCUT2D eigenvalue weighted by atomic mass is 9.94. The van der Waals surface area contributed by atoms with E-state index in [0.29, 0.717) is 35.3 Å². The van der Waals surface area contributed by atoms with E-state index in [1.807, 2.05) is 31.2 Å². The molecule has 9 heteroatoms. The number of carbonyl (C=O) groups excluding carboxylic acids is 1. The van der Waals surface area contributed by atoms with Crippen LogP contribution < -0.4 is 4.72 Å². The van der Waals surface area contributed by atoms with E-state index in [1.54, 1.807) is 6.92 Å². The molecule has 162 valence electrons. The Balaban J connectivity index is 2.40. The monoisotopic (exact) mass is 468 g/mol. The van der Waals surface area contributed by atoms with Crippen LogP contribution >= 0.6 is 22.9 Å². The third-order valence-corrected chi connectivity index (χ3v) is 7.48. The van der Waals surface area contributed by atoms with Gasteiger partial charge in [0.1, 0.15) is 10.9 Å². The Labute approximate surface area is 186 Å². The molecular weight excluding hydrogens is 444 g/mol. The highest BCUT2D eigenvalue weighted by Crippen LogP contribution is 2.39. The molecule has 0 saturated carbocycles. The largest absolute Gasteiger partial charge is 0.462 e. The minimum atomic E-state index is -3.39. The Bertz CT molecular complexity index is 1030. The molecule has 2 aromatic rings. The van der Waals surface area contributed by atoms with E-state index in [-0.39, 0.29) is 24.8 Å². The van der Waals surface area contributed by atoms with E-state index in [4.69, 9.17) is 16.3 Å². The van der Waals surface area contributed by atoms with Crippen molar-refractivity contribution in [2.45, 2.75) is 33.1 Å². The number of sulfonamides is 1. The summed E-state index contributed by atoms with van der Waals surface area (Å²) in [6.07, 6.45) is 1.43. The van der Waals surface area contributed by atoms with Gasteiger partial charge in [0.05, 0.1) is 17.9 Å². The summed E-state index contributed by atoms with van der Waals surface area (Å²) >= 11 is 6.85. The van der Waals surface area contributed by atoms with Crippen molar-refractivity contribution in [3.05, 3.63) is 45.1 Å². The van der Waals surface area contributed by atoms with Gasteiger partial charge in [0.15, 0.2) is 0 Å². The van der Waals surface area contributed by atoms with Crippen molar-refractivity contribution in [1.82, 2.24) is 4.72 Å². The average molecular weight is 469 g/mol. The number of alkyl halides is 1. The lowest BCUT2D eigenvalue weighted by Gasteiger charge is -2.12. The van der Waals surface area contributed by atoms with Gasteiger partial charge in [-0.25, -0.2) is 17.9 Å². The highest BCUT2D eigenvalue weighted by atomic mass is 35.5. The Hall–Kier alpha value is -1.92. The zero-order chi connectivity index (χ0) is 22.1. The van der Waals surface area contributed by atoms with Crippen LogP contribution in [0.2, 0.25) is 0 Å². The van der Waals surface area contributed by atoms with Crippen LogP contribution in [0.25, 0.3) is 11.1 Å². The number of rotatable bonds is 11. The lowest BCUT2D eigenvalue weighted by molar-refractivity contribution is 0.0533. The van der Waals surface area contributed by atoms with Gasteiger partial charge in [0.2, 0.25) is 10.0 Å². The normalized spacial score (nSPS) is 11.3. The Morgan fingerprint density at radius 3 is 2.67 bits per heavy atom. The molecule has 1 aromatic carbocycles. The number of hydrogen-bond acceptors (Lipinski definition) is 6. The van der Waals surface area contributed by atoms with Crippen LogP contribution in [-0.2, 0) is 27.6 Å². The molecule has 2 rings (SSSR count). The van der Waals surface area contributed by atoms with Crippen LogP contribution in [0.3, 0.4) is 0 Å². The molecule has 0 spiro atoms. The van der Waals surface area contributed by atoms with Crippen molar-refractivity contribution in [1.29, 1.82) is 5.26 Å². The average Bonchev–Trinajstić information content (AvgIpc) is 3.11. The first-order chi connectivity index (χ1) is 14.4. The number of nitrogens with zero attached hydrogens (tertiary/aromatic N) is 1. The van der Waals surface area contributed by atoms with Crippen molar-refractivity contribution in [3.8, 4) is 17.2 Å². The van der Waals surface area contributed by atoms with E-state index in [9.17, 15) is 18.5 Å². The molecule has 1 N–H and O–H groups in total. The van der Waals surface area contributed by atoms with Crippen LogP contribution in [0.1, 0.15) is 45.9 Å². The third-order valence-electron chi connectivity index (χ3n) is 4.42.